The number of amides is 2. The number of nitrogens with one attached hydrogen (secondary N) is 1. The topological polar surface area (TPSA) is 86.8 Å². The van der Waals surface area contributed by atoms with Crippen LogP contribution in [-0.2, 0) is 26.2 Å². The Morgan fingerprint density at radius 1 is 1.00 bits per heavy atom. The molecule has 7 nitrogen and oxygen atoms in total. The van der Waals surface area contributed by atoms with Crippen molar-refractivity contribution >= 4 is 50.7 Å². The van der Waals surface area contributed by atoms with E-state index < -0.39 is 40.2 Å². The highest BCUT2D eigenvalue weighted by molar-refractivity contribution is 7.92. The van der Waals surface area contributed by atoms with Gasteiger partial charge >= 0.3 is 0 Å². The third-order valence-corrected chi connectivity index (χ3v) is 8.37. The number of benzene rings is 3. The molecule has 0 heterocycles. The van der Waals surface area contributed by atoms with Gasteiger partial charge in [0.1, 0.15) is 18.4 Å². The van der Waals surface area contributed by atoms with Crippen LogP contribution >= 0.6 is 23.2 Å². The van der Waals surface area contributed by atoms with Gasteiger partial charge in [0.15, 0.2) is 0 Å². The summed E-state index contributed by atoms with van der Waals surface area (Å²) < 4.78 is 42.0. The lowest BCUT2D eigenvalue weighted by Crippen LogP contribution is -2.51. The van der Waals surface area contributed by atoms with Crippen LogP contribution in [0.5, 0.6) is 0 Å². The number of aryl methyl sites for hydroxylation is 1. The highest BCUT2D eigenvalue weighted by Crippen LogP contribution is 2.27. The van der Waals surface area contributed by atoms with E-state index in [-0.39, 0.29) is 23.5 Å². The average molecular weight is 581 g/mol. The van der Waals surface area contributed by atoms with Crippen molar-refractivity contribution in [2.75, 3.05) is 17.9 Å². The van der Waals surface area contributed by atoms with E-state index in [1.807, 2.05) is 6.92 Å². The Morgan fingerprint density at radius 2 is 1.63 bits per heavy atom. The number of sulfonamides is 1. The number of carbonyl (C=O) groups excluding carboxylic acids is 2. The summed E-state index contributed by atoms with van der Waals surface area (Å²) in [7, 11) is -2.78. The standard InChI is InChI=1S/C27H28Cl2FN3O4S/c1-4-25(27(35)31-3)32(16-19-7-8-20(28)15-24(19)29)26(34)17-33(22-11-9-21(30)10-12-22)38(36,37)23-13-5-18(2)6-14-23/h5-15,25H,4,16-17H2,1-3H3,(H,31,35)/t25-/m0/s1. The maximum atomic E-state index is 13.8. The Hall–Kier alpha value is -3.14. The van der Waals surface area contributed by atoms with Crippen LogP contribution in [0.2, 0.25) is 10.0 Å². The molecule has 0 aliphatic heterocycles. The molecule has 2 amide bonds. The highest BCUT2D eigenvalue weighted by Gasteiger charge is 2.33. The van der Waals surface area contributed by atoms with E-state index in [4.69, 9.17) is 23.2 Å². The summed E-state index contributed by atoms with van der Waals surface area (Å²) in [6, 6.07) is 14.8. The zero-order valence-corrected chi connectivity index (χ0v) is 23.4. The molecule has 1 N–H and O–H groups in total. The molecule has 0 aliphatic rings. The molecule has 202 valence electrons. The Labute approximate surface area is 232 Å². The molecule has 3 rings (SSSR count). The van der Waals surface area contributed by atoms with Gasteiger partial charge in [-0.3, -0.25) is 13.9 Å². The summed E-state index contributed by atoms with van der Waals surface area (Å²) >= 11 is 12.4. The van der Waals surface area contributed by atoms with Crippen molar-refractivity contribution in [3.05, 3.63) is 93.7 Å². The van der Waals surface area contributed by atoms with Gasteiger partial charge in [0, 0.05) is 23.6 Å². The summed E-state index contributed by atoms with van der Waals surface area (Å²) in [6.07, 6.45) is 0.262. The summed E-state index contributed by atoms with van der Waals surface area (Å²) in [5, 5.41) is 3.25. The lowest BCUT2D eigenvalue weighted by atomic mass is 10.1. The number of rotatable bonds is 10. The number of halogens is 3. The number of anilines is 1. The van der Waals surface area contributed by atoms with E-state index >= 15 is 0 Å². The molecule has 3 aromatic rings. The van der Waals surface area contributed by atoms with Crippen LogP contribution in [0.25, 0.3) is 0 Å². The molecule has 0 aromatic heterocycles. The molecule has 38 heavy (non-hydrogen) atoms. The van der Waals surface area contributed by atoms with Crippen molar-refractivity contribution in [1.82, 2.24) is 10.2 Å². The number of carbonyl (C=O) groups is 2. The minimum absolute atomic E-state index is 0.0362. The fourth-order valence-electron chi connectivity index (χ4n) is 3.89. The molecule has 0 bridgehead atoms. The van der Waals surface area contributed by atoms with Gasteiger partial charge in [-0.1, -0.05) is 53.9 Å². The van der Waals surface area contributed by atoms with Gasteiger partial charge in [-0.2, -0.15) is 0 Å². The van der Waals surface area contributed by atoms with Crippen LogP contribution < -0.4 is 9.62 Å². The summed E-state index contributed by atoms with van der Waals surface area (Å²) in [4.78, 5) is 27.8. The monoisotopic (exact) mass is 579 g/mol. The van der Waals surface area contributed by atoms with Gasteiger partial charge < -0.3 is 10.2 Å². The maximum Gasteiger partial charge on any atom is 0.264 e. The van der Waals surface area contributed by atoms with Crippen molar-refractivity contribution in [3.8, 4) is 0 Å². The number of likely N-dealkylation sites (N-methyl/N-ethyl adjacent to an activating group) is 1. The third-order valence-electron chi connectivity index (χ3n) is 5.99. The van der Waals surface area contributed by atoms with Crippen molar-refractivity contribution in [3.63, 3.8) is 0 Å². The number of hydrogen-bond acceptors (Lipinski definition) is 4. The van der Waals surface area contributed by atoms with Crippen LogP contribution in [0.3, 0.4) is 0 Å². The summed E-state index contributed by atoms with van der Waals surface area (Å²) in [5.41, 5.74) is 1.48. The Balaban J connectivity index is 2.07. The van der Waals surface area contributed by atoms with E-state index in [0.717, 1.165) is 22.0 Å². The molecule has 11 heteroatoms. The fraction of sp³-hybridized carbons (Fsp3) is 0.259. The van der Waals surface area contributed by atoms with Crippen molar-refractivity contribution in [2.45, 2.75) is 37.8 Å². The molecule has 0 aliphatic carbocycles. The van der Waals surface area contributed by atoms with Gasteiger partial charge in [0.05, 0.1) is 10.6 Å². The Bertz CT molecular complexity index is 1400. The predicted molar refractivity (Wildman–Crippen MR) is 147 cm³/mol. The predicted octanol–water partition coefficient (Wildman–Crippen LogP) is 5.19. The molecule has 3 aromatic carbocycles. The van der Waals surface area contributed by atoms with Crippen LogP contribution in [0.15, 0.2) is 71.6 Å². The van der Waals surface area contributed by atoms with Crippen LogP contribution in [-0.4, -0.2) is 44.8 Å². The largest absolute Gasteiger partial charge is 0.357 e. The molecule has 0 radical (unpaired) electrons. The molecular weight excluding hydrogens is 552 g/mol. The van der Waals surface area contributed by atoms with Crippen molar-refractivity contribution < 1.29 is 22.4 Å². The second-order valence-electron chi connectivity index (χ2n) is 8.60. The van der Waals surface area contributed by atoms with Gasteiger partial charge in [-0.05, 0) is 67.4 Å². The number of nitrogens with zero attached hydrogens (tertiary/aromatic N) is 2. The first kappa shape index (κ1) is 29.4. The summed E-state index contributed by atoms with van der Waals surface area (Å²) in [5.74, 6) is -1.62. The first-order chi connectivity index (χ1) is 18.0. The Morgan fingerprint density at radius 3 is 2.18 bits per heavy atom. The SMILES string of the molecule is CC[C@@H](C(=O)NC)N(Cc1ccc(Cl)cc1Cl)C(=O)CN(c1ccc(F)cc1)S(=O)(=O)c1ccc(C)cc1. The quantitative estimate of drug-likeness (QED) is 0.358. The van der Waals surface area contributed by atoms with E-state index in [0.29, 0.717) is 15.6 Å². The van der Waals surface area contributed by atoms with Gasteiger partial charge in [0.2, 0.25) is 11.8 Å². The van der Waals surface area contributed by atoms with E-state index in [1.165, 1.54) is 42.3 Å². The Kier molecular flexibility index (Phi) is 9.76. The van der Waals surface area contributed by atoms with Crippen molar-refractivity contribution in [1.29, 1.82) is 0 Å². The van der Waals surface area contributed by atoms with E-state index in [1.54, 1.807) is 31.2 Å². The zero-order chi connectivity index (χ0) is 28.0. The fourth-order valence-corrected chi connectivity index (χ4v) is 5.78. The van der Waals surface area contributed by atoms with E-state index in [9.17, 15) is 22.4 Å². The molecular formula is C27H28Cl2FN3O4S. The minimum Gasteiger partial charge on any atom is -0.357 e. The normalized spacial score (nSPS) is 12.1. The van der Waals surface area contributed by atoms with E-state index in [2.05, 4.69) is 5.32 Å². The second kappa shape index (κ2) is 12.6. The minimum atomic E-state index is -4.24. The smallest absolute Gasteiger partial charge is 0.264 e. The molecule has 0 spiro atoms. The first-order valence-corrected chi connectivity index (χ1v) is 14.0. The van der Waals surface area contributed by atoms with Gasteiger partial charge in [-0.15, -0.1) is 0 Å². The maximum absolute atomic E-state index is 13.8. The van der Waals surface area contributed by atoms with Crippen LogP contribution in [0.4, 0.5) is 10.1 Å². The first-order valence-electron chi connectivity index (χ1n) is 11.8. The lowest BCUT2D eigenvalue weighted by molar-refractivity contribution is -0.140. The molecule has 0 saturated carbocycles. The second-order valence-corrected chi connectivity index (χ2v) is 11.3. The molecule has 0 unspecified atom stereocenters. The van der Waals surface area contributed by atoms with Crippen LogP contribution in [0.1, 0.15) is 24.5 Å². The zero-order valence-electron chi connectivity index (χ0n) is 21.1. The van der Waals surface area contributed by atoms with Gasteiger partial charge in [0.25, 0.3) is 10.0 Å². The molecule has 1 atom stereocenters. The molecule has 0 saturated heterocycles. The number of hydrogen-bond donors (Lipinski definition) is 1. The van der Waals surface area contributed by atoms with Crippen LogP contribution in [0, 0.1) is 12.7 Å². The lowest BCUT2D eigenvalue weighted by Gasteiger charge is -2.33. The highest BCUT2D eigenvalue weighted by atomic mass is 35.5. The van der Waals surface area contributed by atoms with Crippen molar-refractivity contribution in [2.24, 2.45) is 0 Å². The third kappa shape index (κ3) is 6.83. The summed E-state index contributed by atoms with van der Waals surface area (Å²) in [6.45, 7) is 2.86. The average Bonchev–Trinajstić information content (AvgIpc) is 2.88. The van der Waals surface area contributed by atoms with Gasteiger partial charge in [-0.25, -0.2) is 12.8 Å². The molecule has 0 fully saturated rings.